The molecule has 0 aliphatic heterocycles. The van der Waals surface area contributed by atoms with Crippen LogP contribution in [0.1, 0.15) is 21.5 Å². The molecule has 0 aliphatic carbocycles. The molecule has 0 atom stereocenters. The molecule has 24 heavy (non-hydrogen) atoms. The van der Waals surface area contributed by atoms with E-state index in [-0.39, 0.29) is 18.0 Å². The minimum atomic E-state index is -0.394. The van der Waals surface area contributed by atoms with Gasteiger partial charge in [-0.1, -0.05) is 6.07 Å². The lowest BCUT2D eigenvalue weighted by Crippen LogP contribution is -2.23. The molecule has 5 nitrogen and oxygen atoms in total. The molecule has 0 saturated carbocycles. The Kier molecular flexibility index (Phi) is 4.20. The molecule has 0 bridgehead atoms. The average Bonchev–Trinajstić information content (AvgIpc) is 2.96. The molecule has 1 aromatic heterocycles. The summed E-state index contributed by atoms with van der Waals surface area (Å²) in [5, 5.41) is 2.82. The number of ether oxygens (including phenoxy) is 1. The number of nitrogens with zero attached hydrogens (tertiary/aromatic N) is 2. The van der Waals surface area contributed by atoms with Crippen molar-refractivity contribution in [3.63, 3.8) is 0 Å². The van der Waals surface area contributed by atoms with Crippen LogP contribution in [0.4, 0.5) is 4.39 Å². The second-order valence-electron chi connectivity index (χ2n) is 5.62. The van der Waals surface area contributed by atoms with Crippen molar-refractivity contribution in [1.29, 1.82) is 0 Å². The van der Waals surface area contributed by atoms with Crippen LogP contribution in [0.25, 0.3) is 11.0 Å². The molecule has 6 heteroatoms. The number of carbonyl (C=O) groups is 1. The van der Waals surface area contributed by atoms with Gasteiger partial charge in [-0.05, 0) is 36.8 Å². The first-order chi connectivity index (χ1) is 11.5. The van der Waals surface area contributed by atoms with Gasteiger partial charge in [0, 0.05) is 24.7 Å². The van der Waals surface area contributed by atoms with E-state index in [0.29, 0.717) is 11.3 Å². The number of aryl methyl sites for hydroxylation is 2. The highest BCUT2D eigenvalue weighted by molar-refractivity contribution is 5.94. The summed E-state index contributed by atoms with van der Waals surface area (Å²) in [4.78, 5) is 16.6. The van der Waals surface area contributed by atoms with Crippen LogP contribution in [-0.2, 0) is 13.6 Å². The number of benzene rings is 2. The second kappa shape index (κ2) is 6.31. The lowest BCUT2D eigenvalue weighted by atomic mass is 10.1. The van der Waals surface area contributed by atoms with E-state index in [9.17, 15) is 9.18 Å². The van der Waals surface area contributed by atoms with Gasteiger partial charge in [-0.2, -0.15) is 0 Å². The van der Waals surface area contributed by atoms with E-state index < -0.39 is 5.82 Å². The zero-order valence-electron chi connectivity index (χ0n) is 13.8. The molecular formula is C18H18FN3O2. The molecule has 0 unspecified atom stereocenters. The number of methoxy groups -OCH3 is 1. The third-order valence-electron chi connectivity index (χ3n) is 4.02. The first-order valence-electron chi connectivity index (χ1n) is 7.52. The molecule has 1 heterocycles. The Morgan fingerprint density at radius 3 is 2.83 bits per heavy atom. The summed E-state index contributed by atoms with van der Waals surface area (Å²) in [6, 6.07) is 8.13. The number of carbonyl (C=O) groups excluding carboxylic acids is 1. The van der Waals surface area contributed by atoms with Crippen LogP contribution in [0.5, 0.6) is 5.75 Å². The predicted octanol–water partition coefficient (Wildman–Crippen LogP) is 2.96. The fraction of sp³-hybridized carbons (Fsp3) is 0.222. The third kappa shape index (κ3) is 2.82. The third-order valence-corrected chi connectivity index (χ3v) is 4.02. The minimum Gasteiger partial charge on any atom is -0.496 e. The number of halogens is 1. The largest absolute Gasteiger partial charge is 0.496 e. The Morgan fingerprint density at radius 1 is 1.33 bits per heavy atom. The van der Waals surface area contributed by atoms with E-state index in [1.54, 1.807) is 32.5 Å². The molecule has 1 N–H and O–H groups in total. The topological polar surface area (TPSA) is 56.1 Å². The summed E-state index contributed by atoms with van der Waals surface area (Å²) in [5.74, 6) is -0.0643. The Morgan fingerprint density at radius 2 is 2.12 bits per heavy atom. The van der Waals surface area contributed by atoms with Crippen molar-refractivity contribution >= 4 is 16.9 Å². The summed E-state index contributed by atoms with van der Waals surface area (Å²) < 4.78 is 20.9. The Hall–Kier alpha value is -2.89. The van der Waals surface area contributed by atoms with Crippen molar-refractivity contribution in [3.05, 3.63) is 59.2 Å². The molecule has 3 aromatic rings. The fourth-order valence-corrected chi connectivity index (χ4v) is 2.68. The number of fused-ring (bicyclic) bond motifs is 1. The number of imidazole rings is 1. The molecule has 0 radical (unpaired) electrons. The number of hydrogen-bond acceptors (Lipinski definition) is 3. The lowest BCUT2D eigenvalue weighted by molar-refractivity contribution is 0.0950. The summed E-state index contributed by atoms with van der Waals surface area (Å²) in [5.41, 5.74) is 3.34. The van der Waals surface area contributed by atoms with Crippen LogP contribution in [-0.4, -0.2) is 22.6 Å². The van der Waals surface area contributed by atoms with E-state index >= 15 is 0 Å². The summed E-state index contributed by atoms with van der Waals surface area (Å²) in [7, 11) is 3.47. The number of hydrogen-bond donors (Lipinski definition) is 1. The van der Waals surface area contributed by atoms with Gasteiger partial charge in [0.05, 0.1) is 24.5 Å². The van der Waals surface area contributed by atoms with Gasteiger partial charge in [-0.15, -0.1) is 0 Å². The second-order valence-corrected chi connectivity index (χ2v) is 5.62. The highest BCUT2D eigenvalue weighted by Crippen LogP contribution is 2.27. The Balaban J connectivity index is 1.88. The van der Waals surface area contributed by atoms with Crippen molar-refractivity contribution in [1.82, 2.24) is 14.9 Å². The first-order valence-corrected chi connectivity index (χ1v) is 7.52. The maximum atomic E-state index is 13.6. The smallest absolute Gasteiger partial charge is 0.251 e. The summed E-state index contributed by atoms with van der Waals surface area (Å²) in [6.45, 7) is 1.92. The van der Waals surface area contributed by atoms with Crippen LogP contribution in [0.2, 0.25) is 0 Å². The lowest BCUT2D eigenvalue weighted by Gasteiger charge is -2.12. The van der Waals surface area contributed by atoms with Crippen molar-refractivity contribution < 1.29 is 13.9 Å². The van der Waals surface area contributed by atoms with Crippen LogP contribution in [0.15, 0.2) is 36.7 Å². The Labute approximate surface area is 139 Å². The van der Waals surface area contributed by atoms with E-state index in [2.05, 4.69) is 10.3 Å². The monoisotopic (exact) mass is 327 g/mol. The van der Waals surface area contributed by atoms with E-state index in [0.717, 1.165) is 16.6 Å². The van der Waals surface area contributed by atoms with E-state index in [1.165, 1.54) is 6.07 Å². The molecule has 0 fully saturated rings. The highest BCUT2D eigenvalue weighted by Gasteiger charge is 2.14. The molecule has 124 valence electrons. The molecular weight excluding hydrogens is 309 g/mol. The van der Waals surface area contributed by atoms with Gasteiger partial charge in [-0.3, -0.25) is 4.79 Å². The normalized spacial score (nSPS) is 10.8. The minimum absolute atomic E-state index is 0.258. The van der Waals surface area contributed by atoms with Crippen LogP contribution >= 0.6 is 0 Å². The van der Waals surface area contributed by atoms with Crippen LogP contribution in [0.3, 0.4) is 0 Å². The van der Waals surface area contributed by atoms with Crippen LogP contribution < -0.4 is 10.1 Å². The van der Waals surface area contributed by atoms with Gasteiger partial charge in [0.2, 0.25) is 0 Å². The van der Waals surface area contributed by atoms with Gasteiger partial charge in [0.15, 0.2) is 0 Å². The number of nitrogens with one attached hydrogen (secondary N) is 1. The zero-order chi connectivity index (χ0) is 17.3. The predicted molar refractivity (Wildman–Crippen MR) is 89.6 cm³/mol. The van der Waals surface area contributed by atoms with Gasteiger partial charge >= 0.3 is 0 Å². The van der Waals surface area contributed by atoms with Gasteiger partial charge < -0.3 is 14.6 Å². The standard InChI is InChI=1S/C18H18FN3O2/c1-11-4-5-12(8-14(11)19)18(23)20-9-13-16(24-3)7-6-15-17(13)22(2)10-21-15/h4-8,10H,9H2,1-3H3,(H,20,23). The maximum absolute atomic E-state index is 13.6. The zero-order valence-corrected chi connectivity index (χ0v) is 13.8. The highest BCUT2D eigenvalue weighted by atomic mass is 19.1. The SMILES string of the molecule is COc1ccc2ncn(C)c2c1CNC(=O)c1ccc(C)c(F)c1. The number of aromatic nitrogens is 2. The van der Waals surface area contributed by atoms with Crippen LogP contribution in [0, 0.1) is 12.7 Å². The molecule has 0 saturated heterocycles. The first kappa shape index (κ1) is 16.0. The van der Waals surface area contributed by atoms with Crippen molar-refractivity contribution in [2.24, 2.45) is 7.05 Å². The van der Waals surface area contributed by atoms with Gasteiger partial charge in [0.25, 0.3) is 5.91 Å². The summed E-state index contributed by atoms with van der Waals surface area (Å²) in [6.07, 6.45) is 1.71. The fourth-order valence-electron chi connectivity index (χ4n) is 2.68. The Bertz CT molecular complexity index is 918. The molecule has 0 aliphatic rings. The van der Waals surface area contributed by atoms with Crippen molar-refractivity contribution in [2.75, 3.05) is 7.11 Å². The molecule has 2 aromatic carbocycles. The number of rotatable bonds is 4. The molecule has 0 spiro atoms. The quantitative estimate of drug-likeness (QED) is 0.801. The van der Waals surface area contributed by atoms with Crippen molar-refractivity contribution in [2.45, 2.75) is 13.5 Å². The van der Waals surface area contributed by atoms with E-state index in [1.807, 2.05) is 23.7 Å². The average molecular weight is 327 g/mol. The summed E-state index contributed by atoms with van der Waals surface area (Å²) >= 11 is 0. The van der Waals surface area contributed by atoms with E-state index in [4.69, 9.17) is 4.74 Å². The molecule has 1 amide bonds. The van der Waals surface area contributed by atoms with Gasteiger partial charge in [0.1, 0.15) is 11.6 Å². The van der Waals surface area contributed by atoms with Gasteiger partial charge in [-0.25, -0.2) is 9.37 Å². The van der Waals surface area contributed by atoms with Crippen molar-refractivity contribution in [3.8, 4) is 5.75 Å². The molecule has 3 rings (SSSR count). The number of amides is 1. The maximum Gasteiger partial charge on any atom is 0.251 e.